The largest absolute Gasteiger partial charge is 0.356 e. The lowest BCUT2D eigenvalue weighted by molar-refractivity contribution is 0.102. The Morgan fingerprint density at radius 2 is 2.12 bits per heavy atom. The molecule has 0 saturated heterocycles. The van der Waals surface area contributed by atoms with Crippen molar-refractivity contribution >= 4 is 43.5 Å². The number of carbonyl (C=O) groups excluding carboxylic acids is 1. The van der Waals surface area contributed by atoms with Gasteiger partial charge in [-0.25, -0.2) is 0 Å². The van der Waals surface area contributed by atoms with Crippen molar-refractivity contribution < 1.29 is 4.79 Å². The molecule has 0 bridgehead atoms. The van der Waals surface area contributed by atoms with Gasteiger partial charge in [0.05, 0.1) is 5.69 Å². The number of anilines is 1. The summed E-state index contributed by atoms with van der Waals surface area (Å²) in [6.45, 7) is 1.98. The number of hydrogen-bond donors (Lipinski definition) is 2. The van der Waals surface area contributed by atoms with Gasteiger partial charge >= 0.3 is 0 Å². The number of carbonyl (C=O) groups is 1. The third kappa shape index (κ3) is 2.79. The maximum absolute atomic E-state index is 11.9. The molecular formula is C12H10Br2N2O. The van der Waals surface area contributed by atoms with E-state index in [2.05, 4.69) is 42.2 Å². The van der Waals surface area contributed by atoms with Gasteiger partial charge < -0.3 is 10.3 Å². The lowest BCUT2D eigenvalue weighted by atomic mass is 10.2. The molecule has 1 amide bonds. The molecular weight excluding hydrogens is 348 g/mol. The van der Waals surface area contributed by atoms with Crippen molar-refractivity contribution in [1.82, 2.24) is 4.98 Å². The molecule has 88 valence electrons. The molecule has 0 aliphatic rings. The van der Waals surface area contributed by atoms with E-state index in [1.807, 2.05) is 25.1 Å². The highest BCUT2D eigenvalue weighted by Crippen LogP contribution is 2.26. The average molecular weight is 358 g/mol. The van der Waals surface area contributed by atoms with E-state index >= 15 is 0 Å². The Balaban J connectivity index is 2.21. The summed E-state index contributed by atoms with van der Waals surface area (Å²) in [5.41, 5.74) is 2.36. The Morgan fingerprint density at radius 3 is 2.76 bits per heavy atom. The summed E-state index contributed by atoms with van der Waals surface area (Å²) in [4.78, 5) is 14.8. The third-order valence-electron chi connectivity index (χ3n) is 2.33. The molecule has 2 rings (SSSR count). The fourth-order valence-electron chi connectivity index (χ4n) is 1.43. The van der Waals surface area contributed by atoms with Gasteiger partial charge in [0, 0.05) is 15.1 Å². The number of halogens is 2. The maximum atomic E-state index is 11.9. The molecule has 0 radical (unpaired) electrons. The fourth-order valence-corrected chi connectivity index (χ4v) is 2.14. The molecule has 0 atom stereocenters. The maximum Gasteiger partial charge on any atom is 0.272 e. The second kappa shape index (κ2) is 5.06. The first kappa shape index (κ1) is 12.4. The number of hydrogen-bond acceptors (Lipinski definition) is 1. The van der Waals surface area contributed by atoms with Crippen LogP contribution in [0.25, 0.3) is 0 Å². The second-order valence-corrected chi connectivity index (χ2v) is 5.33. The first-order valence-electron chi connectivity index (χ1n) is 4.98. The van der Waals surface area contributed by atoms with Crippen LogP contribution in [0.4, 0.5) is 5.69 Å². The van der Waals surface area contributed by atoms with Crippen molar-refractivity contribution in [1.29, 1.82) is 0 Å². The Labute approximate surface area is 116 Å². The van der Waals surface area contributed by atoms with Crippen LogP contribution >= 0.6 is 31.9 Å². The molecule has 0 unspecified atom stereocenters. The lowest BCUT2D eigenvalue weighted by Gasteiger charge is -2.08. The van der Waals surface area contributed by atoms with Gasteiger partial charge in [-0.15, -0.1) is 0 Å². The van der Waals surface area contributed by atoms with Crippen molar-refractivity contribution in [3.05, 3.63) is 50.7 Å². The predicted octanol–water partition coefficient (Wildman–Crippen LogP) is 4.10. The minimum absolute atomic E-state index is 0.165. The smallest absolute Gasteiger partial charge is 0.272 e. The first-order chi connectivity index (χ1) is 8.08. The molecule has 0 saturated carbocycles. The number of amides is 1. The highest BCUT2D eigenvalue weighted by atomic mass is 79.9. The molecule has 0 spiro atoms. The topological polar surface area (TPSA) is 44.9 Å². The van der Waals surface area contributed by atoms with Crippen LogP contribution in [0.2, 0.25) is 0 Å². The fraction of sp³-hybridized carbons (Fsp3) is 0.0833. The number of nitrogens with one attached hydrogen (secondary N) is 2. The number of aromatic amines is 1. The van der Waals surface area contributed by atoms with E-state index in [-0.39, 0.29) is 5.91 Å². The van der Waals surface area contributed by atoms with Gasteiger partial charge in [-0.05, 0) is 56.5 Å². The molecule has 1 aromatic heterocycles. The van der Waals surface area contributed by atoms with Gasteiger partial charge in [-0.2, -0.15) is 0 Å². The Hall–Kier alpha value is -1.07. The van der Waals surface area contributed by atoms with Crippen LogP contribution in [0.3, 0.4) is 0 Å². The van der Waals surface area contributed by atoms with E-state index in [0.29, 0.717) is 5.69 Å². The standard InChI is InChI=1S/C12H10Br2N2O/c1-7-3-2-4-9(11(7)14)16-12(17)10-5-8(13)6-15-10/h2-6,15H,1H3,(H,16,17). The number of aryl methyl sites for hydroxylation is 1. The quantitative estimate of drug-likeness (QED) is 0.834. The van der Waals surface area contributed by atoms with E-state index in [0.717, 1.165) is 20.2 Å². The molecule has 5 heteroatoms. The molecule has 1 heterocycles. The normalized spacial score (nSPS) is 10.3. The lowest BCUT2D eigenvalue weighted by Crippen LogP contribution is -2.12. The number of H-pyrrole nitrogens is 1. The number of benzene rings is 1. The second-order valence-electron chi connectivity index (χ2n) is 3.62. The van der Waals surface area contributed by atoms with Crippen LogP contribution in [-0.4, -0.2) is 10.9 Å². The zero-order valence-corrected chi connectivity index (χ0v) is 12.2. The van der Waals surface area contributed by atoms with E-state index in [4.69, 9.17) is 0 Å². The molecule has 2 N–H and O–H groups in total. The molecule has 0 fully saturated rings. The molecule has 0 aliphatic heterocycles. The van der Waals surface area contributed by atoms with E-state index in [1.54, 1.807) is 12.3 Å². The van der Waals surface area contributed by atoms with Crippen LogP contribution in [0.5, 0.6) is 0 Å². The summed E-state index contributed by atoms with van der Waals surface area (Å²) in [6.07, 6.45) is 1.72. The highest BCUT2D eigenvalue weighted by Gasteiger charge is 2.10. The highest BCUT2D eigenvalue weighted by molar-refractivity contribution is 9.11. The van der Waals surface area contributed by atoms with Crippen molar-refractivity contribution in [2.75, 3.05) is 5.32 Å². The van der Waals surface area contributed by atoms with E-state index < -0.39 is 0 Å². The molecule has 3 nitrogen and oxygen atoms in total. The Bertz CT molecular complexity index is 563. The summed E-state index contributed by atoms with van der Waals surface area (Å²) >= 11 is 6.74. The van der Waals surface area contributed by atoms with E-state index in [9.17, 15) is 4.79 Å². The molecule has 17 heavy (non-hydrogen) atoms. The van der Waals surface area contributed by atoms with E-state index in [1.165, 1.54) is 0 Å². The van der Waals surface area contributed by atoms with Crippen LogP contribution in [0.1, 0.15) is 16.1 Å². The summed E-state index contributed by atoms with van der Waals surface area (Å²) in [5.74, 6) is -0.165. The summed E-state index contributed by atoms with van der Waals surface area (Å²) in [5, 5.41) is 2.84. The van der Waals surface area contributed by atoms with Gasteiger partial charge in [0.25, 0.3) is 5.91 Å². The zero-order valence-electron chi connectivity index (χ0n) is 9.05. The third-order valence-corrected chi connectivity index (χ3v) is 3.84. The van der Waals surface area contributed by atoms with Gasteiger partial charge in [0.1, 0.15) is 5.69 Å². The molecule has 0 aliphatic carbocycles. The SMILES string of the molecule is Cc1cccc(NC(=O)c2cc(Br)c[nH]2)c1Br. The Kier molecular flexibility index (Phi) is 3.69. The summed E-state index contributed by atoms with van der Waals surface area (Å²) < 4.78 is 1.75. The number of rotatable bonds is 2. The van der Waals surface area contributed by atoms with Crippen LogP contribution < -0.4 is 5.32 Å². The minimum atomic E-state index is -0.165. The van der Waals surface area contributed by atoms with Crippen molar-refractivity contribution in [3.8, 4) is 0 Å². The zero-order chi connectivity index (χ0) is 12.4. The summed E-state index contributed by atoms with van der Waals surface area (Å²) in [6, 6.07) is 7.47. The van der Waals surface area contributed by atoms with Crippen LogP contribution in [-0.2, 0) is 0 Å². The van der Waals surface area contributed by atoms with Crippen molar-refractivity contribution in [2.24, 2.45) is 0 Å². The number of aromatic nitrogens is 1. The predicted molar refractivity (Wildman–Crippen MR) is 75.3 cm³/mol. The van der Waals surface area contributed by atoms with Gasteiger partial charge in [-0.3, -0.25) is 4.79 Å². The minimum Gasteiger partial charge on any atom is -0.356 e. The first-order valence-corrected chi connectivity index (χ1v) is 6.57. The van der Waals surface area contributed by atoms with Gasteiger partial charge in [-0.1, -0.05) is 12.1 Å². The molecule has 1 aromatic carbocycles. The van der Waals surface area contributed by atoms with Crippen LogP contribution in [0, 0.1) is 6.92 Å². The molecule has 2 aromatic rings. The Morgan fingerprint density at radius 1 is 1.35 bits per heavy atom. The van der Waals surface area contributed by atoms with Crippen molar-refractivity contribution in [2.45, 2.75) is 6.92 Å². The monoisotopic (exact) mass is 356 g/mol. The van der Waals surface area contributed by atoms with Gasteiger partial charge in [0.2, 0.25) is 0 Å². The summed E-state index contributed by atoms with van der Waals surface area (Å²) in [7, 11) is 0. The van der Waals surface area contributed by atoms with Gasteiger partial charge in [0.15, 0.2) is 0 Å². The van der Waals surface area contributed by atoms with Crippen molar-refractivity contribution in [3.63, 3.8) is 0 Å². The van der Waals surface area contributed by atoms with Crippen LogP contribution in [0.15, 0.2) is 39.4 Å². The average Bonchev–Trinajstić information content (AvgIpc) is 2.72.